The van der Waals surface area contributed by atoms with Gasteiger partial charge in [0.05, 0.1) is 56.9 Å². The molecule has 7 rings (SSSR count). The molecule has 5 amide bonds. The van der Waals surface area contributed by atoms with E-state index in [2.05, 4.69) is 10.6 Å². The first kappa shape index (κ1) is 74.5. The molecule has 2 aromatic rings. The number of benzene rings is 2. The van der Waals surface area contributed by atoms with Crippen molar-refractivity contribution in [3.05, 3.63) is 75.8 Å². The minimum atomic E-state index is -1.67. The number of methoxy groups -OCH3 is 2. The Bertz CT molecular complexity index is 3160. The predicted molar refractivity (Wildman–Crippen MR) is 352 cm³/mol. The van der Waals surface area contributed by atoms with Crippen LogP contribution in [-0.4, -0.2) is 178 Å². The Balaban J connectivity index is 1.09. The Morgan fingerprint density at radius 3 is 2.35 bits per heavy atom. The van der Waals surface area contributed by atoms with E-state index in [1.54, 1.807) is 63.4 Å². The lowest BCUT2D eigenvalue weighted by Gasteiger charge is -2.41. The van der Waals surface area contributed by atoms with E-state index >= 15 is 0 Å². The van der Waals surface area contributed by atoms with Gasteiger partial charge in [0, 0.05) is 89.6 Å². The summed E-state index contributed by atoms with van der Waals surface area (Å²) in [5, 5.41) is 17.8. The summed E-state index contributed by atoms with van der Waals surface area (Å²) in [6, 6.07) is 5.38. The van der Waals surface area contributed by atoms with Crippen molar-refractivity contribution in [3.63, 3.8) is 0 Å². The average molecular weight is 1330 g/mol. The highest BCUT2D eigenvalue weighted by Crippen LogP contribution is 2.50. The van der Waals surface area contributed by atoms with Gasteiger partial charge in [0.1, 0.15) is 57.7 Å². The van der Waals surface area contributed by atoms with E-state index in [1.807, 2.05) is 45.6 Å². The number of aliphatic hydroxyl groups is 1. The van der Waals surface area contributed by atoms with Crippen molar-refractivity contribution >= 4 is 76.2 Å². The van der Waals surface area contributed by atoms with Crippen molar-refractivity contribution in [3.8, 4) is 5.75 Å². The number of carbonyl (C=O) groups is 9. The number of hydrogen-bond donors (Lipinski definition) is 4. The van der Waals surface area contributed by atoms with Crippen molar-refractivity contribution < 1.29 is 81.4 Å². The maximum atomic E-state index is 14.7. The number of fused-ring (bicyclic) bond motifs is 5. The van der Waals surface area contributed by atoms with Crippen LogP contribution in [0.2, 0.25) is 5.02 Å². The molecular weight excluding hydrogens is 1230 g/mol. The summed E-state index contributed by atoms with van der Waals surface area (Å²) in [5.74, 6) is -5.02. The largest absolute Gasteiger partial charge is 0.495 e. The van der Waals surface area contributed by atoms with E-state index in [1.165, 1.54) is 38.0 Å². The number of allylic oxidation sites excluding steroid dienone is 3. The van der Waals surface area contributed by atoms with Crippen molar-refractivity contribution in [2.24, 2.45) is 29.4 Å². The minimum absolute atomic E-state index is 0.0176. The molecule has 0 aromatic heterocycles. The lowest BCUT2D eigenvalue weighted by atomic mass is 9.78. The van der Waals surface area contributed by atoms with Crippen LogP contribution in [0.1, 0.15) is 160 Å². The molecule has 2 aromatic carbocycles. The molecule has 23 nitrogen and oxygen atoms in total. The summed E-state index contributed by atoms with van der Waals surface area (Å²) >= 11 is 6.91. The molecule has 0 radical (unpaired) electrons. The molecule has 10 atom stereocenters. The highest BCUT2D eigenvalue weighted by atomic mass is 35.5. The predicted octanol–water partition coefficient (Wildman–Crippen LogP) is 7.87. The quantitative estimate of drug-likeness (QED) is 0.0301. The van der Waals surface area contributed by atoms with Crippen molar-refractivity contribution in [2.75, 3.05) is 71.0 Å². The molecule has 1 aliphatic carbocycles. The Morgan fingerprint density at radius 1 is 0.989 bits per heavy atom. The number of anilines is 2. The molecule has 4 fully saturated rings. The van der Waals surface area contributed by atoms with Crippen LogP contribution >= 0.6 is 11.6 Å². The smallest absolute Gasteiger partial charge is 0.328 e. The molecular formula is C70H99ClN6O17. The van der Waals surface area contributed by atoms with E-state index in [4.69, 9.17) is 50.5 Å². The maximum absolute atomic E-state index is 14.7. The summed E-state index contributed by atoms with van der Waals surface area (Å²) in [4.78, 5) is 129. The van der Waals surface area contributed by atoms with Crippen LogP contribution in [0.3, 0.4) is 0 Å². The summed E-state index contributed by atoms with van der Waals surface area (Å²) < 4.78 is 41.6. The van der Waals surface area contributed by atoms with Gasteiger partial charge in [0.25, 0.3) is 5.91 Å². The molecule has 1 saturated carbocycles. The van der Waals surface area contributed by atoms with E-state index in [-0.39, 0.29) is 91.4 Å². The molecule has 3 saturated heterocycles. The number of carbonyl (C=O) groups excluding carboxylic acids is 9. The molecule has 518 valence electrons. The zero-order valence-corrected chi connectivity index (χ0v) is 57.6. The number of primary amides is 1. The number of epoxide rings is 1. The number of unbranched alkanes of at least 4 members (excludes halogenated alkanes) is 1. The van der Waals surface area contributed by atoms with E-state index in [0.717, 1.165) is 30.4 Å². The van der Waals surface area contributed by atoms with Crippen LogP contribution in [0.25, 0.3) is 0 Å². The average Bonchev–Trinajstić information content (AvgIpc) is 1.57. The fourth-order valence-electron chi connectivity index (χ4n) is 12.9. The minimum Gasteiger partial charge on any atom is -0.495 e. The molecule has 0 unspecified atom stereocenters. The highest BCUT2D eigenvalue weighted by Gasteiger charge is 2.64. The van der Waals surface area contributed by atoms with Crippen LogP contribution in [-0.2, 0) is 74.8 Å². The summed E-state index contributed by atoms with van der Waals surface area (Å²) in [6.45, 7) is 16.0. The third-order valence-corrected chi connectivity index (χ3v) is 19.7. The van der Waals surface area contributed by atoms with E-state index < -0.39 is 107 Å². The summed E-state index contributed by atoms with van der Waals surface area (Å²) in [5.41, 5.74) is 4.93. The second-order valence-electron chi connectivity index (χ2n) is 27.3. The molecule has 4 aliphatic heterocycles. The van der Waals surface area contributed by atoms with Gasteiger partial charge in [-0.1, -0.05) is 68.7 Å². The molecule has 5 aliphatic rings. The van der Waals surface area contributed by atoms with Crippen molar-refractivity contribution in [2.45, 2.75) is 205 Å². The van der Waals surface area contributed by atoms with Gasteiger partial charge in [0.2, 0.25) is 11.8 Å². The van der Waals surface area contributed by atoms with Crippen LogP contribution in [0, 0.1) is 23.7 Å². The Morgan fingerprint density at radius 2 is 1.70 bits per heavy atom. The summed E-state index contributed by atoms with van der Waals surface area (Å²) in [6.07, 6.45) is 6.03. The number of rotatable bonds is 26. The van der Waals surface area contributed by atoms with Crippen LogP contribution < -0.4 is 30.9 Å². The number of ether oxygens (including phenoxy) is 7. The number of halogens is 1. The van der Waals surface area contributed by atoms with Crippen LogP contribution in [0.15, 0.2) is 54.1 Å². The first-order valence-corrected chi connectivity index (χ1v) is 33.4. The summed E-state index contributed by atoms with van der Waals surface area (Å²) in [7, 11) is 5.91. The normalized spacial score (nSPS) is 25.4. The lowest BCUT2D eigenvalue weighted by molar-refractivity contribution is -0.187. The number of likely N-dealkylation sites (N-methyl/N-ethyl adjacent to an activating group) is 1. The molecule has 94 heavy (non-hydrogen) atoms. The fourth-order valence-corrected chi connectivity index (χ4v) is 13.2. The second-order valence-corrected chi connectivity index (χ2v) is 27.7. The number of esters is 3. The second kappa shape index (κ2) is 32.7. The number of nitrogens with zero attached hydrogens (tertiary/aromatic N) is 3. The van der Waals surface area contributed by atoms with Crippen LogP contribution in [0.4, 0.5) is 16.2 Å². The third-order valence-electron chi connectivity index (χ3n) is 19.3. The van der Waals surface area contributed by atoms with Gasteiger partial charge in [-0.3, -0.25) is 33.6 Å². The zero-order valence-electron chi connectivity index (χ0n) is 56.8. The van der Waals surface area contributed by atoms with Gasteiger partial charge in [0.15, 0.2) is 5.78 Å². The Kier molecular flexibility index (Phi) is 25.9. The van der Waals surface area contributed by atoms with Crippen LogP contribution in [0.5, 0.6) is 5.75 Å². The Labute approximate surface area is 557 Å². The van der Waals surface area contributed by atoms with Crippen molar-refractivity contribution in [1.82, 2.24) is 15.5 Å². The number of urea groups is 1. The number of ketones is 2. The van der Waals surface area contributed by atoms with Gasteiger partial charge in [-0.05, 0) is 127 Å². The van der Waals surface area contributed by atoms with Gasteiger partial charge in [-0.25, -0.2) is 9.59 Å². The Hall–Kier alpha value is -6.92. The van der Waals surface area contributed by atoms with Gasteiger partial charge in [-0.2, -0.15) is 0 Å². The standard InChI is InChI=1S/C70H99ClN6O17/c1-41(2)50(37-49(78)21-13-14-26-68(6,7)94-66(85)46-19-16-20-46)63(82)74-51(22-17-27-73-67(72)86)54(79)36-47-24-25-48(35-52(47)77-28-30-90-31-29-77)64(83)75(9)44(5)65(84)92-58-38-59(80)76(10)53-33-45(34-55(88-11)61(53)71)32-42(3)18-15-23-57(89-12)70(87)39-56(91-60(81)40-70)43(4)62-69(58,8)93-62/h15,18,23-25,33-35,41,43-44,46,50-51,56-58,62,87H,13-14,16-17,19-22,26-32,36-40H2,1-12H3,(H,74,82)(H3,72,73,86)/b23-15+,42-18+/t43-,44+,50+,51+,56+,57-,58+,62+,69+,70-/m1/s1. The molecule has 5 N–H and O–H groups in total. The molecule has 0 spiro atoms. The number of nitrogens with one attached hydrogen (secondary N) is 2. The highest BCUT2D eigenvalue weighted by molar-refractivity contribution is 6.35. The molecule has 24 heteroatoms. The zero-order chi connectivity index (χ0) is 69.0. The maximum Gasteiger partial charge on any atom is 0.328 e. The fraction of sp³-hybridized carbons (Fsp3) is 0.643. The first-order valence-electron chi connectivity index (χ1n) is 33.0. The third kappa shape index (κ3) is 19.2. The SMILES string of the molecule is COc1cc2cc(c1Cl)N(C)C(=O)C[C@H](OC(=O)[C@H](C)N(C)C(=O)c1ccc(CC(=O)[C@H](CCCNC(N)=O)NC(=O)[C@@H](CC(=O)CCCCC(C)(C)OC(=O)C3CCC3)C(C)C)c(N3CCOCC3)c1)[C@]1(C)O[C@H]1[C@H](C)[C@@H]1C[C@@](O)(CC(=O)O1)[C@H](OC)/C=C/C=C(\C)C2. The van der Waals surface area contributed by atoms with Crippen molar-refractivity contribution in [1.29, 1.82) is 0 Å². The molecule has 4 heterocycles. The number of Topliss-reactive ketones (excluding diaryl/α,β-unsaturated/α-hetero) is 2. The lowest BCUT2D eigenvalue weighted by Crippen LogP contribution is -2.53. The number of hydrogen-bond acceptors (Lipinski definition) is 18. The first-order chi connectivity index (χ1) is 44.4. The van der Waals surface area contributed by atoms with Gasteiger partial charge < -0.3 is 69.3 Å². The van der Waals surface area contributed by atoms with Gasteiger partial charge >= 0.3 is 23.9 Å². The van der Waals surface area contributed by atoms with Gasteiger partial charge in [-0.15, -0.1) is 0 Å². The molecule has 4 bridgehead atoms. The number of morpholine rings is 1. The van der Waals surface area contributed by atoms with E-state index in [0.29, 0.717) is 74.7 Å². The monoisotopic (exact) mass is 1330 g/mol. The topological polar surface area (TPSA) is 302 Å². The number of nitrogens with two attached hydrogens (primary N) is 1. The van der Waals surface area contributed by atoms with E-state index in [9.17, 15) is 48.3 Å². The number of amides is 5.